The summed E-state index contributed by atoms with van der Waals surface area (Å²) >= 11 is 3.24. The SMILES string of the molecule is COc1ccc(CNC(=O)NC(c2ccsc2)c2cccs2)cc1OC. The van der Waals surface area contributed by atoms with Crippen molar-refractivity contribution in [3.8, 4) is 11.5 Å². The number of hydrogen-bond donors (Lipinski definition) is 2. The van der Waals surface area contributed by atoms with Crippen LogP contribution in [0.4, 0.5) is 4.79 Å². The molecule has 2 aromatic heterocycles. The molecule has 1 aromatic carbocycles. The third-order valence-corrected chi connectivity index (χ3v) is 5.52. The number of carbonyl (C=O) groups is 1. The molecule has 0 spiro atoms. The van der Waals surface area contributed by atoms with Gasteiger partial charge in [0.1, 0.15) is 0 Å². The molecule has 0 saturated heterocycles. The molecule has 0 radical (unpaired) electrons. The molecule has 3 rings (SSSR count). The van der Waals surface area contributed by atoms with E-state index in [0.717, 1.165) is 16.0 Å². The van der Waals surface area contributed by atoms with E-state index in [4.69, 9.17) is 9.47 Å². The molecule has 0 saturated carbocycles. The summed E-state index contributed by atoms with van der Waals surface area (Å²) < 4.78 is 10.5. The number of urea groups is 1. The van der Waals surface area contributed by atoms with E-state index in [9.17, 15) is 4.79 Å². The zero-order chi connectivity index (χ0) is 18.4. The summed E-state index contributed by atoms with van der Waals surface area (Å²) in [4.78, 5) is 13.5. The van der Waals surface area contributed by atoms with Crippen LogP contribution in [0.25, 0.3) is 0 Å². The smallest absolute Gasteiger partial charge is 0.315 e. The molecule has 0 bridgehead atoms. The zero-order valence-corrected chi connectivity index (χ0v) is 16.2. The van der Waals surface area contributed by atoms with Gasteiger partial charge in [0.25, 0.3) is 0 Å². The van der Waals surface area contributed by atoms with Crippen LogP contribution in [0.2, 0.25) is 0 Å². The number of nitrogens with one attached hydrogen (secondary N) is 2. The van der Waals surface area contributed by atoms with E-state index in [2.05, 4.69) is 16.0 Å². The first-order valence-electron chi connectivity index (χ1n) is 8.02. The van der Waals surface area contributed by atoms with Crippen LogP contribution in [0.15, 0.2) is 52.5 Å². The minimum atomic E-state index is -0.218. The monoisotopic (exact) mass is 388 g/mol. The average Bonchev–Trinajstić information content (AvgIpc) is 3.38. The van der Waals surface area contributed by atoms with Gasteiger partial charge in [-0.15, -0.1) is 11.3 Å². The number of benzene rings is 1. The van der Waals surface area contributed by atoms with Gasteiger partial charge in [0.2, 0.25) is 0 Å². The fourth-order valence-electron chi connectivity index (χ4n) is 2.57. The molecular weight excluding hydrogens is 368 g/mol. The van der Waals surface area contributed by atoms with Gasteiger partial charge in [0.05, 0.1) is 20.3 Å². The summed E-state index contributed by atoms with van der Waals surface area (Å²) in [5.41, 5.74) is 2.01. The predicted molar refractivity (Wildman–Crippen MR) is 105 cm³/mol. The Morgan fingerprint density at radius 1 is 1.12 bits per heavy atom. The molecule has 2 heterocycles. The summed E-state index contributed by atoms with van der Waals surface area (Å²) in [5, 5.41) is 12.0. The molecule has 0 aliphatic heterocycles. The molecule has 0 fully saturated rings. The highest BCUT2D eigenvalue weighted by Gasteiger charge is 2.18. The number of amides is 2. The predicted octanol–water partition coefficient (Wildman–Crippen LogP) is 4.42. The van der Waals surface area contributed by atoms with Gasteiger partial charge in [-0.05, 0) is 51.5 Å². The van der Waals surface area contributed by atoms with Gasteiger partial charge in [-0.25, -0.2) is 4.79 Å². The Hall–Kier alpha value is -2.51. The van der Waals surface area contributed by atoms with Crippen LogP contribution in [-0.4, -0.2) is 20.3 Å². The highest BCUT2D eigenvalue weighted by molar-refractivity contribution is 7.10. The number of methoxy groups -OCH3 is 2. The molecule has 1 unspecified atom stereocenters. The average molecular weight is 389 g/mol. The van der Waals surface area contributed by atoms with Crippen LogP contribution in [0, 0.1) is 0 Å². The van der Waals surface area contributed by atoms with Gasteiger partial charge in [-0.2, -0.15) is 11.3 Å². The highest BCUT2D eigenvalue weighted by atomic mass is 32.1. The van der Waals surface area contributed by atoms with Gasteiger partial charge in [0.15, 0.2) is 11.5 Å². The van der Waals surface area contributed by atoms with E-state index in [0.29, 0.717) is 18.0 Å². The fraction of sp³-hybridized carbons (Fsp3) is 0.211. The van der Waals surface area contributed by atoms with E-state index in [1.807, 2.05) is 47.2 Å². The molecule has 26 heavy (non-hydrogen) atoms. The molecule has 0 aliphatic carbocycles. The lowest BCUT2D eigenvalue weighted by molar-refractivity contribution is 0.238. The Kier molecular flexibility index (Phi) is 6.14. The van der Waals surface area contributed by atoms with Crippen LogP contribution in [0.5, 0.6) is 11.5 Å². The van der Waals surface area contributed by atoms with Crippen LogP contribution in [-0.2, 0) is 6.54 Å². The van der Waals surface area contributed by atoms with Crippen LogP contribution < -0.4 is 20.1 Å². The van der Waals surface area contributed by atoms with Crippen molar-refractivity contribution >= 4 is 28.7 Å². The summed E-state index contributed by atoms with van der Waals surface area (Å²) in [5.74, 6) is 1.30. The zero-order valence-electron chi connectivity index (χ0n) is 14.5. The molecule has 2 amide bonds. The maximum Gasteiger partial charge on any atom is 0.315 e. The van der Waals surface area contributed by atoms with E-state index in [1.54, 1.807) is 36.9 Å². The third kappa shape index (κ3) is 4.36. The maximum absolute atomic E-state index is 12.4. The van der Waals surface area contributed by atoms with Crippen molar-refractivity contribution in [2.24, 2.45) is 0 Å². The standard InChI is InChI=1S/C19H20N2O3S2/c1-23-15-6-5-13(10-16(15)24-2)11-20-19(22)21-18(14-7-9-25-12-14)17-4-3-8-26-17/h3-10,12,18H,11H2,1-2H3,(H2,20,21,22). The van der Waals surface area contributed by atoms with Gasteiger partial charge in [0, 0.05) is 11.4 Å². The van der Waals surface area contributed by atoms with E-state index < -0.39 is 0 Å². The van der Waals surface area contributed by atoms with Crippen molar-refractivity contribution in [2.45, 2.75) is 12.6 Å². The number of carbonyl (C=O) groups excluding carboxylic acids is 1. The Morgan fingerprint density at radius 2 is 1.96 bits per heavy atom. The largest absolute Gasteiger partial charge is 0.493 e. The lowest BCUT2D eigenvalue weighted by Crippen LogP contribution is -2.37. The molecule has 3 aromatic rings. The van der Waals surface area contributed by atoms with Crippen molar-refractivity contribution in [1.29, 1.82) is 0 Å². The van der Waals surface area contributed by atoms with Gasteiger partial charge < -0.3 is 20.1 Å². The molecular formula is C19H20N2O3S2. The van der Waals surface area contributed by atoms with Crippen LogP contribution in [0.3, 0.4) is 0 Å². The van der Waals surface area contributed by atoms with Crippen molar-refractivity contribution in [2.75, 3.05) is 14.2 Å². The third-order valence-electron chi connectivity index (χ3n) is 3.88. The Morgan fingerprint density at radius 3 is 2.62 bits per heavy atom. The second kappa shape index (κ2) is 8.73. The fourth-order valence-corrected chi connectivity index (χ4v) is 4.06. The highest BCUT2D eigenvalue weighted by Crippen LogP contribution is 2.28. The Balaban J connectivity index is 1.64. The topological polar surface area (TPSA) is 59.6 Å². The quantitative estimate of drug-likeness (QED) is 0.630. The first-order valence-corrected chi connectivity index (χ1v) is 9.84. The second-order valence-corrected chi connectivity index (χ2v) is 7.28. The number of thiophene rings is 2. The molecule has 136 valence electrons. The molecule has 7 heteroatoms. The van der Waals surface area contributed by atoms with Crippen molar-refractivity contribution in [3.05, 3.63) is 68.5 Å². The Bertz CT molecular complexity index is 798. The molecule has 1 atom stereocenters. The molecule has 5 nitrogen and oxygen atoms in total. The van der Waals surface area contributed by atoms with Crippen molar-refractivity contribution in [1.82, 2.24) is 10.6 Å². The second-order valence-electron chi connectivity index (χ2n) is 5.52. The van der Waals surface area contributed by atoms with Gasteiger partial charge >= 0.3 is 6.03 Å². The van der Waals surface area contributed by atoms with Crippen LogP contribution >= 0.6 is 22.7 Å². The minimum absolute atomic E-state index is 0.147. The van der Waals surface area contributed by atoms with Crippen molar-refractivity contribution < 1.29 is 14.3 Å². The molecule has 0 aliphatic rings. The van der Waals surface area contributed by atoms with Gasteiger partial charge in [-0.1, -0.05) is 12.1 Å². The summed E-state index contributed by atoms with van der Waals surface area (Å²) in [6, 6.07) is 11.3. The Labute approximate surface area is 160 Å². The lowest BCUT2D eigenvalue weighted by atomic mass is 10.1. The van der Waals surface area contributed by atoms with E-state index >= 15 is 0 Å². The number of rotatable bonds is 7. The van der Waals surface area contributed by atoms with E-state index in [-0.39, 0.29) is 12.1 Å². The lowest BCUT2D eigenvalue weighted by Gasteiger charge is -2.17. The van der Waals surface area contributed by atoms with Crippen molar-refractivity contribution in [3.63, 3.8) is 0 Å². The maximum atomic E-state index is 12.4. The molecule has 2 N–H and O–H groups in total. The number of ether oxygens (including phenoxy) is 2. The minimum Gasteiger partial charge on any atom is -0.493 e. The summed E-state index contributed by atoms with van der Waals surface area (Å²) in [6.07, 6.45) is 0. The van der Waals surface area contributed by atoms with Gasteiger partial charge in [-0.3, -0.25) is 0 Å². The van der Waals surface area contributed by atoms with Crippen LogP contribution in [0.1, 0.15) is 22.0 Å². The first-order chi connectivity index (χ1) is 12.7. The normalized spacial score (nSPS) is 11.6. The summed E-state index contributed by atoms with van der Waals surface area (Å²) in [7, 11) is 3.19. The van der Waals surface area contributed by atoms with E-state index in [1.165, 1.54) is 0 Å². The first kappa shape index (κ1) is 18.3. The summed E-state index contributed by atoms with van der Waals surface area (Å²) in [6.45, 7) is 0.396. The number of hydrogen-bond acceptors (Lipinski definition) is 5.